The van der Waals surface area contributed by atoms with Gasteiger partial charge < -0.3 is 0 Å². The minimum absolute atomic E-state index is 0.714. The quantitative estimate of drug-likeness (QED) is 0.754. The Morgan fingerprint density at radius 3 is 2.64 bits per heavy atom. The summed E-state index contributed by atoms with van der Waals surface area (Å²) < 4.78 is 1.94. The van der Waals surface area contributed by atoms with Gasteiger partial charge in [0.1, 0.15) is 0 Å². The van der Waals surface area contributed by atoms with Gasteiger partial charge in [0.2, 0.25) is 0 Å². The SMILES string of the molecule is Brc1csc(C2SCCS2)c1. The van der Waals surface area contributed by atoms with E-state index in [2.05, 4.69) is 50.9 Å². The summed E-state index contributed by atoms with van der Waals surface area (Å²) in [6.45, 7) is 0. The second kappa shape index (κ2) is 3.73. The molecule has 0 atom stereocenters. The van der Waals surface area contributed by atoms with Gasteiger partial charge in [-0.25, -0.2) is 0 Å². The zero-order valence-corrected chi connectivity index (χ0v) is 9.78. The zero-order chi connectivity index (χ0) is 7.68. The lowest BCUT2D eigenvalue weighted by atomic mass is 10.5. The van der Waals surface area contributed by atoms with Crippen LogP contribution >= 0.6 is 50.8 Å². The number of thioether (sulfide) groups is 2. The summed E-state index contributed by atoms with van der Waals surface area (Å²) in [5.41, 5.74) is 0. The first-order chi connectivity index (χ1) is 5.36. The molecule has 4 heteroatoms. The normalized spacial score (nSPS) is 19.4. The van der Waals surface area contributed by atoms with Crippen molar-refractivity contribution >= 4 is 50.8 Å². The van der Waals surface area contributed by atoms with E-state index in [9.17, 15) is 0 Å². The Morgan fingerprint density at radius 1 is 1.36 bits per heavy atom. The Morgan fingerprint density at radius 2 is 2.09 bits per heavy atom. The third-order valence-electron chi connectivity index (χ3n) is 1.44. The third kappa shape index (κ3) is 1.97. The fraction of sp³-hybridized carbons (Fsp3) is 0.429. The van der Waals surface area contributed by atoms with Gasteiger partial charge in [-0.2, -0.15) is 0 Å². The van der Waals surface area contributed by atoms with Crippen molar-refractivity contribution in [2.24, 2.45) is 0 Å². The zero-order valence-electron chi connectivity index (χ0n) is 5.75. The van der Waals surface area contributed by atoms with Crippen LogP contribution in [0.3, 0.4) is 0 Å². The predicted molar refractivity (Wildman–Crippen MR) is 59.7 cm³/mol. The van der Waals surface area contributed by atoms with Crippen molar-refractivity contribution in [1.29, 1.82) is 0 Å². The molecule has 1 aromatic rings. The average Bonchev–Trinajstić information content (AvgIpc) is 2.55. The first kappa shape index (κ1) is 8.48. The highest BCUT2D eigenvalue weighted by Gasteiger charge is 2.19. The highest BCUT2D eigenvalue weighted by atomic mass is 79.9. The van der Waals surface area contributed by atoms with Crippen molar-refractivity contribution < 1.29 is 0 Å². The number of rotatable bonds is 1. The van der Waals surface area contributed by atoms with Gasteiger partial charge in [0.25, 0.3) is 0 Å². The van der Waals surface area contributed by atoms with Crippen LogP contribution in [0.4, 0.5) is 0 Å². The Hall–Kier alpha value is 0.880. The van der Waals surface area contributed by atoms with Gasteiger partial charge in [-0.1, -0.05) is 0 Å². The molecule has 0 nitrogen and oxygen atoms in total. The summed E-state index contributed by atoms with van der Waals surface area (Å²) >= 11 is 9.45. The van der Waals surface area contributed by atoms with Gasteiger partial charge in [-0.15, -0.1) is 34.9 Å². The molecule has 2 heterocycles. The van der Waals surface area contributed by atoms with Crippen LogP contribution in [-0.4, -0.2) is 11.5 Å². The number of halogens is 1. The van der Waals surface area contributed by atoms with Crippen molar-refractivity contribution in [2.75, 3.05) is 11.5 Å². The smallest absolute Gasteiger partial charge is 0.0844 e. The van der Waals surface area contributed by atoms with E-state index >= 15 is 0 Å². The molecule has 0 aliphatic carbocycles. The van der Waals surface area contributed by atoms with Crippen molar-refractivity contribution in [1.82, 2.24) is 0 Å². The lowest BCUT2D eigenvalue weighted by Crippen LogP contribution is -1.75. The van der Waals surface area contributed by atoms with E-state index in [1.807, 2.05) is 11.3 Å². The molecule has 2 rings (SSSR count). The van der Waals surface area contributed by atoms with Crippen LogP contribution in [0.5, 0.6) is 0 Å². The van der Waals surface area contributed by atoms with Crippen molar-refractivity contribution in [3.63, 3.8) is 0 Å². The van der Waals surface area contributed by atoms with Gasteiger partial charge in [-0.05, 0) is 22.0 Å². The minimum atomic E-state index is 0.714. The molecule has 1 saturated heterocycles. The van der Waals surface area contributed by atoms with Crippen LogP contribution in [0.25, 0.3) is 0 Å². The topological polar surface area (TPSA) is 0 Å². The van der Waals surface area contributed by atoms with Crippen molar-refractivity contribution in [2.45, 2.75) is 4.58 Å². The standard InChI is InChI=1S/C7H7BrS3/c8-5-3-6(11-4-5)7-9-1-2-10-7/h3-4,7H,1-2H2. The van der Waals surface area contributed by atoms with Crippen LogP contribution in [0.2, 0.25) is 0 Å². The molecule has 1 aliphatic heterocycles. The lowest BCUT2D eigenvalue weighted by molar-refractivity contribution is 1.51. The summed E-state index contributed by atoms with van der Waals surface area (Å²) in [7, 11) is 0. The summed E-state index contributed by atoms with van der Waals surface area (Å²) in [4.78, 5) is 1.50. The lowest BCUT2D eigenvalue weighted by Gasteiger charge is -2.01. The van der Waals surface area contributed by atoms with E-state index in [1.165, 1.54) is 20.9 Å². The average molecular weight is 267 g/mol. The summed E-state index contributed by atoms with van der Waals surface area (Å²) in [5, 5.41) is 2.16. The summed E-state index contributed by atoms with van der Waals surface area (Å²) in [6.07, 6.45) is 0. The Bertz CT molecular complexity index is 240. The van der Waals surface area contributed by atoms with E-state index in [4.69, 9.17) is 0 Å². The monoisotopic (exact) mass is 266 g/mol. The van der Waals surface area contributed by atoms with Crippen molar-refractivity contribution in [3.05, 3.63) is 20.8 Å². The molecule has 1 fully saturated rings. The maximum absolute atomic E-state index is 3.47. The van der Waals surface area contributed by atoms with Crippen LogP contribution < -0.4 is 0 Å². The maximum Gasteiger partial charge on any atom is 0.0844 e. The molecule has 0 N–H and O–H groups in total. The Balaban J connectivity index is 2.15. The first-order valence-corrected chi connectivity index (χ1v) is 7.10. The Labute approximate surface area is 87.3 Å². The fourth-order valence-electron chi connectivity index (χ4n) is 0.975. The molecule has 0 aromatic carbocycles. The van der Waals surface area contributed by atoms with Crippen LogP contribution in [0, 0.1) is 0 Å². The van der Waals surface area contributed by atoms with Crippen LogP contribution in [0.1, 0.15) is 9.46 Å². The van der Waals surface area contributed by atoms with E-state index in [0.29, 0.717) is 4.58 Å². The first-order valence-electron chi connectivity index (χ1n) is 3.33. The molecule has 1 aromatic heterocycles. The second-order valence-corrected chi connectivity index (χ2v) is 6.82. The number of hydrogen-bond acceptors (Lipinski definition) is 3. The number of hydrogen-bond donors (Lipinski definition) is 0. The van der Waals surface area contributed by atoms with Crippen LogP contribution in [-0.2, 0) is 0 Å². The fourth-order valence-corrected chi connectivity index (χ4v) is 5.64. The molecule has 60 valence electrons. The largest absolute Gasteiger partial charge is 0.146 e. The molecule has 0 amide bonds. The van der Waals surface area contributed by atoms with Gasteiger partial charge in [-0.3, -0.25) is 0 Å². The van der Waals surface area contributed by atoms with Gasteiger partial charge in [0, 0.05) is 26.2 Å². The van der Waals surface area contributed by atoms with E-state index < -0.39 is 0 Å². The summed E-state index contributed by atoms with van der Waals surface area (Å²) in [5.74, 6) is 2.62. The van der Waals surface area contributed by atoms with E-state index in [-0.39, 0.29) is 0 Å². The molecule has 0 saturated carbocycles. The number of thiophene rings is 1. The minimum Gasteiger partial charge on any atom is -0.146 e. The molecule has 0 unspecified atom stereocenters. The molecular formula is C7H7BrS3. The third-order valence-corrected chi connectivity index (χ3v) is 6.57. The predicted octanol–water partition coefficient (Wildman–Crippen LogP) is 3.99. The van der Waals surface area contributed by atoms with E-state index in [0.717, 1.165) is 0 Å². The molecule has 0 bridgehead atoms. The molecular weight excluding hydrogens is 260 g/mol. The summed E-state index contributed by atoms with van der Waals surface area (Å²) in [6, 6.07) is 2.24. The molecule has 0 spiro atoms. The highest BCUT2D eigenvalue weighted by molar-refractivity contribution is 9.10. The molecule has 0 radical (unpaired) electrons. The second-order valence-electron chi connectivity index (χ2n) is 2.24. The maximum atomic E-state index is 3.47. The van der Waals surface area contributed by atoms with Gasteiger partial charge in [0.15, 0.2) is 0 Å². The Kier molecular flexibility index (Phi) is 2.87. The van der Waals surface area contributed by atoms with Crippen molar-refractivity contribution in [3.8, 4) is 0 Å². The van der Waals surface area contributed by atoms with Gasteiger partial charge in [0.05, 0.1) is 4.58 Å². The van der Waals surface area contributed by atoms with E-state index in [1.54, 1.807) is 0 Å². The molecule has 11 heavy (non-hydrogen) atoms. The molecule has 1 aliphatic rings. The van der Waals surface area contributed by atoms with Crippen LogP contribution in [0.15, 0.2) is 15.9 Å². The highest BCUT2D eigenvalue weighted by Crippen LogP contribution is 2.47. The van der Waals surface area contributed by atoms with Gasteiger partial charge >= 0.3 is 0 Å².